The second-order valence-corrected chi connectivity index (χ2v) is 4.60. The fourth-order valence-corrected chi connectivity index (χ4v) is 2.73. The van der Waals surface area contributed by atoms with Crippen LogP contribution in [0.25, 0.3) is 0 Å². The lowest BCUT2D eigenvalue weighted by molar-refractivity contribution is -0.120. The summed E-state index contributed by atoms with van der Waals surface area (Å²) in [6.45, 7) is 0. The van der Waals surface area contributed by atoms with Gasteiger partial charge < -0.3 is 11.1 Å². The molecule has 2 rings (SSSR count). The molecule has 3 amide bonds. The summed E-state index contributed by atoms with van der Waals surface area (Å²) in [5.41, 5.74) is 6.05. The van der Waals surface area contributed by atoms with Crippen LogP contribution in [-0.4, -0.2) is 11.9 Å². The second kappa shape index (κ2) is 4.14. The zero-order chi connectivity index (χ0) is 10.8. The molecule has 4 N–H and O–H groups in total. The molecule has 1 aliphatic carbocycles. The Hall–Kier alpha value is -1.17. The van der Waals surface area contributed by atoms with E-state index in [2.05, 4.69) is 10.0 Å². The molecule has 0 spiro atoms. The third kappa shape index (κ3) is 2.09. The number of urea groups is 1. The van der Waals surface area contributed by atoms with Crippen molar-refractivity contribution in [2.45, 2.75) is 25.7 Å². The van der Waals surface area contributed by atoms with Crippen LogP contribution < -0.4 is 15.8 Å². The molecule has 0 aromatic carbocycles. The van der Waals surface area contributed by atoms with Gasteiger partial charge >= 0.3 is 6.03 Å². The van der Waals surface area contributed by atoms with Crippen molar-refractivity contribution in [1.82, 2.24) is 10.0 Å². The number of amides is 3. The summed E-state index contributed by atoms with van der Waals surface area (Å²) in [6, 6.07) is -0.271. The highest BCUT2D eigenvalue weighted by atomic mass is 32.2. The zero-order valence-corrected chi connectivity index (χ0v) is 9.02. The molecule has 1 heterocycles. The quantitative estimate of drug-likeness (QED) is 0.580. The summed E-state index contributed by atoms with van der Waals surface area (Å²) >= 11 is 1.30. The number of allylic oxidation sites excluding steroid dienone is 1. The molecule has 1 atom stereocenters. The van der Waals surface area contributed by atoms with Crippen molar-refractivity contribution in [1.29, 1.82) is 0 Å². The lowest BCUT2D eigenvalue weighted by atomic mass is 10.00. The van der Waals surface area contributed by atoms with E-state index in [0.29, 0.717) is 5.70 Å². The number of carbonyl (C=O) groups is 2. The first-order valence-electron chi connectivity index (χ1n) is 4.94. The van der Waals surface area contributed by atoms with Crippen molar-refractivity contribution in [3.63, 3.8) is 0 Å². The Bertz CT molecular complexity index is 340. The van der Waals surface area contributed by atoms with Crippen LogP contribution in [0, 0.1) is 5.92 Å². The van der Waals surface area contributed by atoms with Crippen molar-refractivity contribution in [3.05, 3.63) is 10.6 Å². The minimum atomic E-state index is -0.354. The number of carbonyl (C=O) groups excluding carboxylic acids is 2. The standard InChI is InChI=1S/C9H13N3O2S/c10-8(13)5-3-1-2-4-6-7(5)11-9(14)12-15-6/h5H,1-4H2,(H2,10,13)(H2,11,12,14). The Balaban J connectivity index is 2.30. The summed E-state index contributed by atoms with van der Waals surface area (Å²) in [6.07, 6.45) is 3.64. The second-order valence-electron chi connectivity index (χ2n) is 3.70. The average Bonchev–Trinajstić information content (AvgIpc) is 2.39. The molecule has 15 heavy (non-hydrogen) atoms. The highest BCUT2D eigenvalue weighted by Crippen LogP contribution is 2.34. The summed E-state index contributed by atoms with van der Waals surface area (Å²) in [4.78, 5) is 23.5. The minimum absolute atomic E-state index is 0.271. The van der Waals surface area contributed by atoms with Crippen LogP contribution in [0.1, 0.15) is 25.7 Å². The molecule has 2 aliphatic rings. The van der Waals surface area contributed by atoms with Gasteiger partial charge in [-0.05, 0) is 31.2 Å². The Morgan fingerprint density at radius 3 is 3.00 bits per heavy atom. The monoisotopic (exact) mass is 227 g/mol. The molecule has 0 saturated carbocycles. The number of hydrogen-bond donors (Lipinski definition) is 3. The highest BCUT2D eigenvalue weighted by Gasteiger charge is 2.30. The smallest absolute Gasteiger partial charge is 0.329 e. The Morgan fingerprint density at radius 1 is 1.47 bits per heavy atom. The van der Waals surface area contributed by atoms with Gasteiger partial charge in [0, 0.05) is 10.6 Å². The third-order valence-corrected chi connectivity index (χ3v) is 3.61. The van der Waals surface area contributed by atoms with Gasteiger partial charge in [0.15, 0.2) is 0 Å². The van der Waals surface area contributed by atoms with Gasteiger partial charge in [0.25, 0.3) is 0 Å². The van der Waals surface area contributed by atoms with Crippen LogP contribution in [0.15, 0.2) is 10.6 Å². The Morgan fingerprint density at radius 2 is 2.27 bits per heavy atom. The van der Waals surface area contributed by atoms with Crippen LogP contribution in [0.5, 0.6) is 0 Å². The van der Waals surface area contributed by atoms with Gasteiger partial charge in [0.2, 0.25) is 5.91 Å². The molecule has 82 valence electrons. The molecular formula is C9H13N3O2S. The maximum Gasteiger partial charge on any atom is 0.329 e. The van der Waals surface area contributed by atoms with Crippen molar-refractivity contribution >= 4 is 23.9 Å². The third-order valence-electron chi connectivity index (χ3n) is 2.65. The Kier molecular flexibility index (Phi) is 2.86. The van der Waals surface area contributed by atoms with Crippen molar-refractivity contribution in [2.24, 2.45) is 11.7 Å². The first-order valence-corrected chi connectivity index (χ1v) is 5.76. The molecule has 5 nitrogen and oxygen atoms in total. The lowest BCUT2D eigenvalue weighted by Crippen LogP contribution is -2.41. The molecule has 0 radical (unpaired) electrons. The van der Waals surface area contributed by atoms with E-state index in [1.807, 2.05) is 0 Å². The van der Waals surface area contributed by atoms with Crippen LogP contribution in [0.2, 0.25) is 0 Å². The minimum Gasteiger partial charge on any atom is -0.369 e. The molecule has 1 aliphatic heterocycles. The van der Waals surface area contributed by atoms with E-state index in [1.54, 1.807) is 0 Å². The SMILES string of the molecule is NC(=O)C1CCCCC2=C1NC(=O)NS2. The molecule has 6 heteroatoms. The molecule has 1 unspecified atom stereocenters. The Labute approximate surface area is 92.0 Å². The zero-order valence-electron chi connectivity index (χ0n) is 8.21. The molecule has 0 fully saturated rings. The number of nitrogens with two attached hydrogens (primary N) is 1. The van der Waals surface area contributed by atoms with E-state index in [1.165, 1.54) is 11.9 Å². The van der Waals surface area contributed by atoms with Crippen LogP contribution >= 0.6 is 11.9 Å². The van der Waals surface area contributed by atoms with Crippen molar-refractivity contribution in [3.8, 4) is 0 Å². The van der Waals surface area contributed by atoms with E-state index in [-0.39, 0.29) is 17.9 Å². The topological polar surface area (TPSA) is 84.2 Å². The normalized spacial score (nSPS) is 26.1. The molecular weight excluding hydrogens is 214 g/mol. The number of nitrogens with one attached hydrogen (secondary N) is 2. The van der Waals surface area contributed by atoms with E-state index in [0.717, 1.165) is 30.6 Å². The van der Waals surface area contributed by atoms with E-state index in [9.17, 15) is 9.59 Å². The van der Waals surface area contributed by atoms with Gasteiger partial charge in [-0.25, -0.2) is 4.79 Å². The summed E-state index contributed by atoms with van der Waals surface area (Å²) in [5.74, 6) is -0.687. The van der Waals surface area contributed by atoms with E-state index < -0.39 is 0 Å². The van der Waals surface area contributed by atoms with Crippen LogP contribution in [0.4, 0.5) is 4.79 Å². The molecule has 0 bridgehead atoms. The lowest BCUT2D eigenvalue weighted by Gasteiger charge is -2.23. The fraction of sp³-hybridized carbons (Fsp3) is 0.556. The van der Waals surface area contributed by atoms with Gasteiger partial charge in [0.1, 0.15) is 0 Å². The van der Waals surface area contributed by atoms with Gasteiger partial charge in [-0.3, -0.25) is 9.52 Å². The number of hydrogen-bond acceptors (Lipinski definition) is 3. The van der Waals surface area contributed by atoms with Crippen molar-refractivity contribution < 1.29 is 9.59 Å². The first-order chi connectivity index (χ1) is 7.18. The van der Waals surface area contributed by atoms with E-state index >= 15 is 0 Å². The summed E-state index contributed by atoms with van der Waals surface area (Å²) in [7, 11) is 0. The van der Waals surface area contributed by atoms with Crippen LogP contribution in [-0.2, 0) is 4.79 Å². The van der Waals surface area contributed by atoms with Gasteiger partial charge in [-0.1, -0.05) is 6.42 Å². The molecule has 0 aromatic rings. The largest absolute Gasteiger partial charge is 0.369 e. The predicted molar refractivity (Wildman–Crippen MR) is 57.4 cm³/mol. The van der Waals surface area contributed by atoms with E-state index in [4.69, 9.17) is 5.73 Å². The molecule has 0 aromatic heterocycles. The van der Waals surface area contributed by atoms with Gasteiger partial charge in [0.05, 0.1) is 5.92 Å². The number of primary amides is 1. The highest BCUT2D eigenvalue weighted by molar-refractivity contribution is 8.01. The fourth-order valence-electron chi connectivity index (χ4n) is 1.91. The van der Waals surface area contributed by atoms with Crippen LogP contribution in [0.3, 0.4) is 0 Å². The molecule has 0 saturated heterocycles. The summed E-state index contributed by atoms with van der Waals surface area (Å²) < 4.78 is 2.63. The maximum absolute atomic E-state index is 11.3. The van der Waals surface area contributed by atoms with Gasteiger partial charge in [-0.2, -0.15) is 0 Å². The first kappa shape index (κ1) is 10.4. The van der Waals surface area contributed by atoms with Crippen molar-refractivity contribution in [2.75, 3.05) is 0 Å². The number of rotatable bonds is 1. The van der Waals surface area contributed by atoms with Gasteiger partial charge in [-0.15, -0.1) is 0 Å². The predicted octanol–water partition coefficient (Wildman–Crippen LogP) is 0.834. The maximum atomic E-state index is 11.3. The average molecular weight is 227 g/mol. The summed E-state index contributed by atoms with van der Waals surface area (Å²) in [5, 5.41) is 2.70.